The van der Waals surface area contributed by atoms with Crippen LogP contribution < -0.4 is 5.32 Å². The molecule has 1 heterocycles. The van der Waals surface area contributed by atoms with Crippen molar-refractivity contribution in [1.29, 1.82) is 0 Å². The van der Waals surface area contributed by atoms with Crippen molar-refractivity contribution in [2.45, 2.75) is 84.3 Å². The second-order valence-electron chi connectivity index (χ2n) is 8.71. The molecule has 0 fully saturated rings. The zero-order valence-corrected chi connectivity index (χ0v) is 17.8. The number of unbranched alkanes of at least 4 members (excludes halogenated alkanes) is 2. The molecule has 0 saturated heterocycles. The molecule has 1 aromatic heterocycles. The molecule has 2 aromatic rings. The van der Waals surface area contributed by atoms with Crippen molar-refractivity contribution in [3.05, 3.63) is 29.7 Å². The number of aryl methyl sites for hydroxylation is 2. The molecule has 156 valence electrons. The molecule has 0 bridgehead atoms. The van der Waals surface area contributed by atoms with E-state index in [1.807, 2.05) is 45.9 Å². The molecule has 0 radical (unpaired) electrons. The summed E-state index contributed by atoms with van der Waals surface area (Å²) in [7, 11) is 0. The lowest BCUT2D eigenvalue weighted by molar-refractivity contribution is 0.0407. The number of rotatable bonds is 9. The number of amides is 1. The highest BCUT2D eigenvalue weighted by molar-refractivity contribution is 5.73. The molecule has 1 atom stereocenters. The number of nitrogens with zero attached hydrogens (tertiary/aromatic N) is 1. The topological polar surface area (TPSA) is 84.6 Å². The molecule has 0 aliphatic heterocycles. The molecular formula is C22H34N2O4. The second-order valence-corrected chi connectivity index (χ2v) is 8.71. The molecule has 28 heavy (non-hydrogen) atoms. The number of ether oxygens (including phenoxy) is 1. The normalized spacial score (nSPS) is 14.1. The number of hydrogen-bond donors (Lipinski definition) is 2. The predicted molar refractivity (Wildman–Crippen MR) is 110 cm³/mol. The lowest BCUT2D eigenvalue weighted by atomic mass is 9.94. The quantitative estimate of drug-likeness (QED) is 0.603. The number of carbonyl (C=O) groups is 1. The van der Waals surface area contributed by atoms with Gasteiger partial charge in [0.05, 0.1) is 12.1 Å². The van der Waals surface area contributed by atoms with E-state index in [1.54, 1.807) is 0 Å². The van der Waals surface area contributed by atoms with Crippen molar-refractivity contribution in [2.75, 3.05) is 6.61 Å². The number of aliphatic hydroxyl groups excluding tert-OH is 1. The molecular weight excluding hydrogens is 356 g/mol. The fourth-order valence-electron chi connectivity index (χ4n) is 2.96. The monoisotopic (exact) mass is 390 g/mol. The molecule has 6 heteroatoms. The van der Waals surface area contributed by atoms with E-state index in [1.165, 1.54) is 12.8 Å². The molecule has 2 rings (SSSR count). The summed E-state index contributed by atoms with van der Waals surface area (Å²) in [5.41, 5.74) is 1.41. The summed E-state index contributed by atoms with van der Waals surface area (Å²) in [6.45, 7) is 9.26. The highest BCUT2D eigenvalue weighted by Crippen LogP contribution is 2.21. The standard InChI is InChI=1S/C22H34N2O4/c1-6-7-8-9-19-23-17-14-16(10-11-18(17)27-19)12-13-22(5,15-25)24-20(26)28-21(2,3)4/h10-11,14,25H,6-9,12-13,15H2,1-5H3,(H,24,26)/t22-/m1/s1. The SMILES string of the molecule is CCCCCc1nc2cc(CC[C@](C)(CO)NC(=O)OC(C)(C)C)ccc2o1. The number of benzene rings is 1. The molecule has 0 saturated carbocycles. The smallest absolute Gasteiger partial charge is 0.408 e. The highest BCUT2D eigenvalue weighted by atomic mass is 16.6. The van der Waals surface area contributed by atoms with Gasteiger partial charge in [-0.2, -0.15) is 0 Å². The van der Waals surface area contributed by atoms with Gasteiger partial charge in [0.2, 0.25) is 0 Å². The summed E-state index contributed by atoms with van der Waals surface area (Å²) >= 11 is 0. The number of aliphatic hydroxyl groups is 1. The maximum atomic E-state index is 12.1. The Balaban J connectivity index is 1.99. The van der Waals surface area contributed by atoms with Gasteiger partial charge >= 0.3 is 6.09 Å². The van der Waals surface area contributed by atoms with Crippen LogP contribution in [0.2, 0.25) is 0 Å². The van der Waals surface area contributed by atoms with Crippen LogP contribution in [-0.4, -0.2) is 33.9 Å². The third kappa shape index (κ3) is 6.82. The van der Waals surface area contributed by atoms with Crippen LogP contribution in [-0.2, 0) is 17.6 Å². The van der Waals surface area contributed by atoms with E-state index >= 15 is 0 Å². The molecule has 0 spiro atoms. The Morgan fingerprint density at radius 2 is 1.96 bits per heavy atom. The van der Waals surface area contributed by atoms with Crippen LogP contribution in [0.15, 0.2) is 22.6 Å². The number of fused-ring (bicyclic) bond motifs is 1. The Bertz CT molecular complexity index is 778. The van der Waals surface area contributed by atoms with E-state index in [2.05, 4.69) is 17.2 Å². The Labute approximate surface area is 167 Å². The van der Waals surface area contributed by atoms with Crippen LogP contribution in [0.25, 0.3) is 11.1 Å². The fourth-order valence-corrected chi connectivity index (χ4v) is 2.96. The van der Waals surface area contributed by atoms with Gasteiger partial charge in [0.25, 0.3) is 0 Å². The summed E-state index contributed by atoms with van der Waals surface area (Å²) in [6, 6.07) is 5.97. The van der Waals surface area contributed by atoms with Gasteiger partial charge < -0.3 is 19.6 Å². The van der Waals surface area contributed by atoms with Crippen molar-refractivity contribution in [2.24, 2.45) is 0 Å². The Morgan fingerprint density at radius 3 is 2.61 bits per heavy atom. The summed E-state index contributed by atoms with van der Waals surface area (Å²) in [6.07, 6.45) is 5.05. The van der Waals surface area contributed by atoms with E-state index in [4.69, 9.17) is 9.15 Å². The number of hydrogen-bond acceptors (Lipinski definition) is 5. The van der Waals surface area contributed by atoms with Crippen LogP contribution in [0.5, 0.6) is 0 Å². The minimum Gasteiger partial charge on any atom is -0.444 e. The average Bonchev–Trinajstić information content (AvgIpc) is 3.00. The van der Waals surface area contributed by atoms with Crippen LogP contribution in [0.1, 0.15) is 71.8 Å². The number of aromatic nitrogens is 1. The zero-order chi connectivity index (χ0) is 20.8. The third-order valence-corrected chi connectivity index (χ3v) is 4.61. The number of carbonyl (C=O) groups excluding carboxylic acids is 1. The lowest BCUT2D eigenvalue weighted by Gasteiger charge is -2.30. The average molecular weight is 391 g/mol. The number of nitrogens with one attached hydrogen (secondary N) is 1. The lowest BCUT2D eigenvalue weighted by Crippen LogP contribution is -2.50. The molecule has 1 amide bonds. The fraction of sp³-hybridized carbons (Fsp3) is 0.636. The predicted octanol–water partition coefficient (Wildman–Crippen LogP) is 4.77. The Hall–Kier alpha value is -2.08. The first-order valence-electron chi connectivity index (χ1n) is 10.1. The van der Waals surface area contributed by atoms with Gasteiger partial charge in [0.1, 0.15) is 11.1 Å². The number of alkyl carbamates (subject to hydrolysis) is 1. The van der Waals surface area contributed by atoms with E-state index < -0.39 is 17.2 Å². The molecule has 2 N–H and O–H groups in total. The van der Waals surface area contributed by atoms with Crippen molar-refractivity contribution in [3.8, 4) is 0 Å². The highest BCUT2D eigenvalue weighted by Gasteiger charge is 2.28. The summed E-state index contributed by atoms with van der Waals surface area (Å²) in [5, 5.41) is 12.6. The first-order valence-corrected chi connectivity index (χ1v) is 10.1. The third-order valence-electron chi connectivity index (χ3n) is 4.61. The van der Waals surface area contributed by atoms with Gasteiger partial charge in [-0.15, -0.1) is 0 Å². The van der Waals surface area contributed by atoms with Gasteiger partial charge in [0.15, 0.2) is 11.5 Å². The Kier molecular flexibility index (Phi) is 7.47. The van der Waals surface area contributed by atoms with Crippen molar-refractivity contribution in [3.63, 3.8) is 0 Å². The molecule has 0 aliphatic carbocycles. The summed E-state index contributed by atoms with van der Waals surface area (Å²) in [5.74, 6) is 0.785. The largest absolute Gasteiger partial charge is 0.444 e. The van der Waals surface area contributed by atoms with Gasteiger partial charge in [-0.25, -0.2) is 9.78 Å². The Morgan fingerprint density at radius 1 is 1.21 bits per heavy atom. The van der Waals surface area contributed by atoms with E-state index in [-0.39, 0.29) is 6.61 Å². The van der Waals surface area contributed by atoms with E-state index in [9.17, 15) is 9.90 Å². The van der Waals surface area contributed by atoms with E-state index in [0.29, 0.717) is 12.8 Å². The van der Waals surface area contributed by atoms with Crippen LogP contribution in [0.3, 0.4) is 0 Å². The molecule has 6 nitrogen and oxygen atoms in total. The minimum atomic E-state index is -0.758. The maximum Gasteiger partial charge on any atom is 0.408 e. The maximum absolute atomic E-state index is 12.1. The minimum absolute atomic E-state index is 0.167. The van der Waals surface area contributed by atoms with Crippen molar-refractivity contribution >= 4 is 17.2 Å². The van der Waals surface area contributed by atoms with Gasteiger partial charge in [-0.3, -0.25) is 0 Å². The van der Waals surface area contributed by atoms with Crippen LogP contribution in [0, 0.1) is 0 Å². The van der Waals surface area contributed by atoms with Crippen molar-refractivity contribution < 1.29 is 19.1 Å². The van der Waals surface area contributed by atoms with Crippen molar-refractivity contribution in [1.82, 2.24) is 10.3 Å². The molecule has 0 unspecified atom stereocenters. The van der Waals surface area contributed by atoms with E-state index in [0.717, 1.165) is 35.4 Å². The summed E-state index contributed by atoms with van der Waals surface area (Å²) in [4.78, 5) is 16.7. The van der Waals surface area contributed by atoms with Crippen LogP contribution >= 0.6 is 0 Å². The second kappa shape index (κ2) is 9.41. The molecule has 1 aromatic carbocycles. The van der Waals surface area contributed by atoms with Gasteiger partial charge in [-0.1, -0.05) is 25.8 Å². The summed E-state index contributed by atoms with van der Waals surface area (Å²) < 4.78 is 11.1. The van der Waals surface area contributed by atoms with Gasteiger partial charge in [0, 0.05) is 6.42 Å². The zero-order valence-electron chi connectivity index (χ0n) is 17.8. The first kappa shape index (κ1) is 22.2. The first-order chi connectivity index (χ1) is 13.1. The molecule has 0 aliphatic rings. The number of oxazole rings is 1. The van der Waals surface area contributed by atoms with Crippen LogP contribution in [0.4, 0.5) is 4.79 Å². The van der Waals surface area contributed by atoms with Gasteiger partial charge in [-0.05, 0) is 64.7 Å².